The molecule has 29 heavy (non-hydrogen) atoms. The summed E-state index contributed by atoms with van der Waals surface area (Å²) in [4.78, 5) is 12.3. The van der Waals surface area contributed by atoms with E-state index < -0.39 is 15.9 Å². The van der Waals surface area contributed by atoms with Gasteiger partial charge in [-0.3, -0.25) is 4.79 Å². The number of methoxy groups -OCH3 is 1. The number of hydrogen-bond donors (Lipinski definition) is 1. The largest absolute Gasteiger partial charge is 0.497 e. The number of amides is 1. The van der Waals surface area contributed by atoms with Crippen LogP contribution in [0.4, 0.5) is 5.69 Å². The van der Waals surface area contributed by atoms with Gasteiger partial charge in [0, 0.05) is 19.8 Å². The molecule has 7 nitrogen and oxygen atoms in total. The fraction of sp³-hybridized carbons (Fsp3) is 0.190. The molecule has 0 saturated heterocycles. The summed E-state index contributed by atoms with van der Waals surface area (Å²) in [6.07, 6.45) is 0. The average molecular weight is 414 g/mol. The van der Waals surface area contributed by atoms with Gasteiger partial charge in [-0.1, -0.05) is 18.2 Å². The van der Waals surface area contributed by atoms with Gasteiger partial charge in [0.15, 0.2) is 6.61 Å². The Hall–Kier alpha value is -3.10. The van der Waals surface area contributed by atoms with Crippen LogP contribution in [-0.4, -0.2) is 46.4 Å². The first-order chi connectivity index (χ1) is 13.8. The Bertz CT molecular complexity index is 1140. The minimum Gasteiger partial charge on any atom is -0.497 e. The van der Waals surface area contributed by atoms with Crippen LogP contribution in [0.15, 0.2) is 65.6 Å². The molecular weight excluding hydrogens is 392 g/mol. The van der Waals surface area contributed by atoms with E-state index in [1.54, 1.807) is 25.3 Å². The molecule has 3 rings (SSSR count). The number of nitrogens with zero attached hydrogens (tertiary/aromatic N) is 1. The van der Waals surface area contributed by atoms with Crippen LogP contribution in [-0.2, 0) is 14.8 Å². The number of anilines is 1. The van der Waals surface area contributed by atoms with Crippen molar-refractivity contribution >= 4 is 32.4 Å². The number of nitrogens with one attached hydrogen (secondary N) is 1. The third-order valence-electron chi connectivity index (χ3n) is 4.29. The van der Waals surface area contributed by atoms with Crippen LogP contribution in [0, 0.1) is 0 Å². The molecule has 1 amide bonds. The Morgan fingerprint density at radius 1 is 0.966 bits per heavy atom. The van der Waals surface area contributed by atoms with Gasteiger partial charge in [-0.2, -0.15) is 0 Å². The quantitative estimate of drug-likeness (QED) is 0.642. The van der Waals surface area contributed by atoms with E-state index >= 15 is 0 Å². The third kappa shape index (κ3) is 4.85. The van der Waals surface area contributed by atoms with Crippen LogP contribution >= 0.6 is 0 Å². The first-order valence-electron chi connectivity index (χ1n) is 8.82. The molecule has 0 atom stereocenters. The van der Waals surface area contributed by atoms with Gasteiger partial charge in [0.25, 0.3) is 5.91 Å². The van der Waals surface area contributed by atoms with Gasteiger partial charge in [-0.15, -0.1) is 0 Å². The van der Waals surface area contributed by atoms with Crippen LogP contribution in [0.25, 0.3) is 10.8 Å². The lowest BCUT2D eigenvalue weighted by molar-refractivity contribution is -0.118. The normalized spacial score (nSPS) is 11.4. The smallest absolute Gasteiger partial charge is 0.262 e. The predicted octanol–water partition coefficient (Wildman–Crippen LogP) is 3.12. The van der Waals surface area contributed by atoms with E-state index in [1.807, 2.05) is 30.3 Å². The zero-order valence-electron chi connectivity index (χ0n) is 16.4. The highest BCUT2D eigenvalue weighted by molar-refractivity contribution is 7.89. The SMILES string of the molecule is COc1ccc2ccc(OCC(=O)Nc3cccc(S(=O)(=O)N(C)C)c3)cc2c1. The fourth-order valence-electron chi connectivity index (χ4n) is 2.71. The summed E-state index contributed by atoms with van der Waals surface area (Å²) in [5, 5.41) is 4.62. The second-order valence-corrected chi connectivity index (χ2v) is 8.68. The van der Waals surface area contributed by atoms with Gasteiger partial charge < -0.3 is 14.8 Å². The molecule has 152 valence electrons. The molecule has 0 aliphatic rings. The highest BCUT2D eigenvalue weighted by Gasteiger charge is 2.17. The van der Waals surface area contributed by atoms with Gasteiger partial charge in [-0.05, 0) is 53.2 Å². The Morgan fingerprint density at radius 3 is 2.34 bits per heavy atom. The van der Waals surface area contributed by atoms with Crippen LogP contribution in [0.2, 0.25) is 0 Å². The topological polar surface area (TPSA) is 84.9 Å². The summed E-state index contributed by atoms with van der Waals surface area (Å²) >= 11 is 0. The van der Waals surface area contributed by atoms with Crippen molar-refractivity contribution in [2.24, 2.45) is 0 Å². The molecule has 0 bridgehead atoms. The molecule has 0 aromatic heterocycles. The van der Waals surface area contributed by atoms with E-state index in [2.05, 4.69) is 5.32 Å². The third-order valence-corrected chi connectivity index (χ3v) is 6.10. The Balaban J connectivity index is 1.67. The van der Waals surface area contributed by atoms with Crippen molar-refractivity contribution < 1.29 is 22.7 Å². The average Bonchev–Trinajstić information content (AvgIpc) is 2.71. The number of ether oxygens (including phenoxy) is 2. The molecule has 0 radical (unpaired) electrons. The van der Waals surface area contributed by atoms with Crippen molar-refractivity contribution in [3.63, 3.8) is 0 Å². The summed E-state index contributed by atoms with van der Waals surface area (Å²) in [5.74, 6) is 0.889. The van der Waals surface area contributed by atoms with Crippen molar-refractivity contribution in [3.05, 3.63) is 60.7 Å². The zero-order valence-corrected chi connectivity index (χ0v) is 17.2. The summed E-state index contributed by atoms with van der Waals surface area (Å²) in [6.45, 7) is -0.208. The number of benzene rings is 3. The molecule has 3 aromatic carbocycles. The second-order valence-electron chi connectivity index (χ2n) is 6.53. The molecule has 0 heterocycles. The van der Waals surface area contributed by atoms with Crippen LogP contribution < -0.4 is 14.8 Å². The molecule has 3 aromatic rings. The summed E-state index contributed by atoms with van der Waals surface area (Å²) in [6, 6.07) is 17.3. The van der Waals surface area contributed by atoms with Gasteiger partial charge in [0.1, 0.15) is 11.5 Å². The predicted molar refractivity (Wildman–Crippen MR) is 112 cm³/mol. The van der Waals surface area contributed by atoms with Crippen molar-refractivity contribution in [3.8, 4) is 11.5 Å². The summed E-state index contributed by atoms with van der Waals surface area (Å²) in [7, 11) is 0.929. The van der Waals surface area contributed by atoms with Gasteiger partial charge in [0.05, 0.1) is 12.0 Å². The van der Waals surface area contributed by atoms with Gasteiger partial charge in [0.2, 0.25) is 10.0 Å². The number of rotatable bonds is 7. The molecule has 0 aliphatic carbocycles. The highest BCUT2D eigenvalue weighted by atomic mass is 32.2. The Kier molecular flexibility index (Phi) is 6.05. The summed E-state index contributed by atoms with van der Waals surface area (Å²) in [5.41, 5.74) is 0.379. The van der Waals surface area contributed by atoms with Gasteiger partial charge in [-0.25, -0.2) is 12.7 Å². The summed E-state index contributed by atoms with van der Waals surface area (Å²) < 4.78 is 36.3. The lowest BCUT2D eigenvalue weighted by Crippen LogP contribution is -2.23. The van der Waals surface area contributed by atoms with E-state index in [-0.39, 0.29) is 11.5 Å². The number of hydrogen-bond acceptors (Lipinski definition) is 5. The minimum absolute atomic E-state index is 0.102. The molecular formula is C21H22N2O5S. The van der Waals surface area contributed by atoms with Crippen molar-refractivity contribution in [2.75, 3.05) is 33.1 Å². The molecule has 1 N–H and O–H groups in total. The molecule has 0 spiro atoms. The molecule has 0 aliphatic heterocycles. The number of fused-ring (bicyclic) bond motifs is 1. The van der Waals surface area contributed by atoms with E-state index in [4.69, 9.17) is 9.47 Å². The van der Waals surface area contributed by atoms with Crippen molar-refractivity contribution in [2.45, 2.75) is 4.90 Å². The maximum Gasteiger partial charge on any atom is 0.262 e. The Morgan fingerprint density at radius 2 is 1.66 bits per heavy atom. The molecule has 8 heteroatoms. The van der Waals surface area contributed by atoms with Crippen molar-refractivity contribution in [1.82, 2.24) is 4.31 Å². The monoisotopic (exact) mass is 414 g/mol. The standard InChI is InChI=1S/C21H22N2O5S/c1-23(2)29(25,26)20-6-4-5-17(13-20)22-21(24)14-28-19-10-8-15-7-9-18(27-3)11-16(15)12-19/h4-13H,14H2,1-3H3,(H,22,24). The first-order valence-corrected chi connectivity index (χ1v) is 10.3. The second kappa shape index (κ2) is 8.50. The highest BCUT2D eigenvalue weighted by Crippen LogP contribution is 2.25. The van der Waals surface area contributed by atoms with E-state index in [0.29, 0.717) is 11.4 Å². The number of carbonyl (C=O) groups is 1. The lowest BCUT2D eigenvalue weighted by atomic mass is 10.1. The molecule has 0 fully saturated rings. The fourth-order valence-corrected chi connectivity index (χ4v) is 3.66. The van der Waals surface area contributed by atoms with E-state index in [1.165, 1.54) is 26.2 Å². The number of carbonyl (C=O) groups excluding carboxylic acids is 1. The first kappa shape index (κ1) is 20.6. The van der Waals surface area contributed by atoms with Crippen LogP contribution in [0.5, 0.6) is 11.5 Å². The lowest BCUT2D eigenvalue weighted by Gasteiger charge is -2.13. The van der Waals surface area contributed by atoms with Crippen LogP contribution in [0.1, 0.15) is 0 Å². The zero-order chi connectivity index (χ0) is 21.0. The Labute approximate surface area is 169 Å². The maximum absolute atomic E-state index is 12.2. The van der Waals surface area contributed by atoms with Crippen LogP contribution in [0.3, 0.4) is 0 Å². The maximum atomic E-state index is 12.2. The van der Waals surface area contributed by atoms with Gasteiger partial charge >= 0.3 is 0 Å². The van der Waals surface area contributed by atoms with E-state index in [9.17, 15) is 13.2 Å². The van der Waals surface area contributed by atoms with Crippen molar-refractivity contribution in [1.29, 1.82) is 0 Å². The molecule has 0 saturated carbocycles. The van der Waals surface area contributed by atoms with E-state index in [0.717, 1.165) is 20.8 Å². The molecule has 0 unspecified atom stereocenters. The number of sulfonamides is 1. The minimum atomic E-state index is -3.58.